The van der Waals surface area contributed by atoms with Gasteiger partial charge in [0.15, 0.2) is 0 Å². The standard InChI is InChI=1S/C14H23F3N2O3/c1-3-6-19(9-14(15,16)17)12(20)11-5-4-7-18(8-11)10(2)13(21)22/h10-11H,3-9H2,1-2H3,(H,21,22)/t10-,11+/m0/s1. The van der Waals surface area contributed by atoms with Crippen molar-refractivity contribution in [2.75, 3.05) is 26.2 Å². The molecular weight excluding hydrogens is 301 g/mol. The highest BCUT2D eigenvalue weighted by Gasteiger charge is 2.37. The highest BCUT2D eigenvalue weighted by atomic mass is 19.4. The van der Waals surface area contributed by atoms with Crippen molar-refractivity contribution in [1.82, 2.24) is 9.80 Å². The lowest BCUT2D eigenvalue weighted by molar-refractivity contribution is -0.165. The number of piperidine rings is 1. The van der Waals surface area contributed by atoms with Gasteiger partial charge in [-0.25, -0.2) is 0 Å². The Balaban J connectivity index is 2.74. The first-order valence-corrected chi connectivity index (χ1v) is 7.48. The zero-order valence-electron chi connectivity index (χ0n) is 12.9. The predicted octanol–water partition coefficient (Wildman–Crippen LogP) is 1.97. The van der Waals surface area contributed by atoms with Crippen LogP contribution in [0.15, 0.2) is 0 Å². The zero-order valence-corrected chi connectivity index (χ0v) is 12.9. The van der Waals surface area contributed by atoms with Crippen LogP contribution in [0.5, 0.6) is 0 Å². The van der Waals surface area contributed by atoms with Crippen LogP contribution >= 0.6 is 0 Å². The van der Waals surface area contributed by atoms with Gasteiger partial charge in [0.05, 0.1) is 5.92 Å². The Kier molecular flexibility index (Phi) is 6.65. The van der Waals surface area contributed by atoms with E-state index in [2.05, 4.69) is 0 Å². The highest BCUT2D eigenvalue weighted by molar-refractivity contribution is 5.79. The Morgan fingerprint density at radius 2 is 2.05 bits per heavy atom. The Hall–Kier alpha value is -1.31. The number of aliphatic carboxylic acids is 1. The molecule has 2 atom stereocenters. The van der Waals surface area contributed by atoms with Crippen molar-refractivity contribution in [2.24, 2.45) is 5.92 Å². The van der Waals surface area contributed by atoms with Gasteiger partial charge in [-0.05, 0) is 32.7 Å². The number of carboxylic acids is 1. The van der Waals surface area contributed by atoms with Gasteiger partial charge >= 0.3 is 12.1 Å². The Morgan fingerprint density at radius 3 is 2.55 bits per heavy atom. The molecule has 5 nitrogen and oxygen atoms in total. The normalized spacial score (nSPS) is 21.4. The van der Waals surface area contributed by atoms with Gasteiger partial charge in [0.1, 0.15) is 12.6 Å². The SMILES string of the molecule is CCCN(CC(F)(F)F)C(=O)[C@@H]1CCCN([C@@H](C)C(=O)O)C1. The maximum atomic E-state index is 12.6. The largest absolute Gasteiger partial charge is 0.480 e. The average Bonchev–Trinajstić information content (AvgIpc) is 2.44. The summed E-state index contributed by atoms with van der Waals surface area (Å²) in [5.74, 6) is -2.08. The molecule has 0 aromatic rings. The summed E-state index contributed by atoms with van der Waals surface area (Å²) in [5, 5.41) is 9.02. The van der Waals surface area contributed by atoms with Crippen LogP contribution in [0.25, 0.3) is 0 Å². The molecule has 0 saturated carbocycles. The molecular formula is C14H23F3N2O3. The summed E-state index contributed by atoms with van der Waals surface area (Å²) < 4.78 is 37.8. The monoisotopic (exact) mass is 324 g/mol. The van der Waals surface area contributed by atoms with Crippen molar-refractivity contribution >= 4 is 11.9 Å². The van der Waals surface area contributed by atoms with Gasteiger partial charge in [-0.1, -0.05) is 6.92 Å². The number of likely N-dealkylation sites (tertiary alicyclic amines) is 1. The van der Waals surface area contributed by atoms with Crippen LogP contribution in [-0.4, -0.2) is 65.2 Å². The number of hydrogen-bond acceptors (Lipinski definition) is 3. The summed E-state index contributed by atoms with van der Waals surface area (Å²) in [6.45, 7) is 2.80. The summed E-state index contributed by atoms with van der Waals surface area (Å²) >= 11 is 0. The highest BCUT2D eigenvalue weighted by Crippen LogP contribution is 2.23. The molecule has 0 radical (unpaired) electrons. The lowest BCUT2D eigenvalue weighted by Crippen LogP contribution is -2.50. The molecule has 1 saturated heterocycles. The summed E-state index contributed by atoms with van der Waals surface area (Å²) in [6.07, 6.45) is -2.86. The third-order valence-electron chi connectivity index (χ3n) is 3.88. The van der Waals surface area contributed by atoms with Gasteiger partial charge in [-0.3, -0.25) is 14.5 Å². The fraction of sp³-hybridized carbons (Fsp3) is 0.857. The van der Waals surface area contributed by atoms with Crippen LogP contribution < -0.4 is 0 Å². The molecule has 1 N–H and O–H groups in total. The summed E-state index contributed by atoms with van der Waals surface area (Å²) in [5.41, 5.74) is 0. The van der Waals surface area contributed by atoms with Gasteiger partial charge < -0.3 is 10.0 Å². The molecule has 1 rings (SSSR count). The molecule has 1 aliphatic heterocycles. The van der Waals surface area contributed by atoms with E-state index in [9.17, 15) is 22.8 Å². The number of halogens is 3. The zero-order chi connectivity index (χ0) is 16.9. The second kappa shape index (κ2) is 7.80. The first-order chi connectivity index (χ1) is 10.2. The summed E-state index contributed by atoms with van der Waals surface area (Å²) in [6, 6.07) is -0.738. The van der Waals surface area contributed by atoms with Crippen LogP contribution in [0, 0.1) is 5.92 Å². The van der Waals surface area contributed by atoms with Crippen molar-refractivity contribution in [1.29, 1.82) is 0 Å². The molecule has 0 bridgehead atoms. The number of rotatable bonds is 6. The van der Waals surface area contributed by atoms with Crippen LogP contribution in [-0.2, 0) is 9.59 Å². The van der Waals surface area contributed by atoms with Gasteiger partial charge in [-0.2, -0.15) is 13.2 Å². The van der Waals surface area contributed by atoms with Crippen LogP contribution in [0.1, 0.15) is 33.1 Å². The van der Waals surface area contributed by atoms with E-state index in [0.29, 0.717) is 25.8 Å². The molecule has 8 heteroatoms. The van der Waals surface area contributed by atoms with E-state index in [0.717, 1.165) is 4.90 Å². The molecule has 0 aliphatic carbocycles. The second-order valence-corrected chi connectivity index (χ2v) is 5.72. The maximum Gasteiger partial charge on any atom is 0.406 e. The van der Waals surface area contributed by atoms with E-state index in [4.69, 9.17) is 5.11 Å². The van der Waals surface area contributed by atoms with Gasteiger partial charge in [-0.15, -0.1) is 0 Å². The molecule has 0 aromatic carbocycles. The molecule has 1 fully saturated rings. The van der Waals surface area contributed by atoms with Gasteiger partial charge in [0.2, 0.25) is 5.91 Å². The molecule has 1 aliphatic rings. The number of carboxylic acid groups (broad SMARTS) is 1. The van der Waals surface area contributed by atoms with E-state index < -0.39 is 36.6 Å². The average molecular weight is 324 g/mol. The summed E-state index contributed by atoms with van der Waals surface area (Å²) in [4.78, 5) is 25.9. The topological polar surface area (TPSA) is 60.9 Å². The van der Waals surface area contributed by atoms with E-state index in [1.807, 2.05) is 0 Å². The van der Waals surface area contributed by atoms with Gasteiger partial charge in [0.25, 0.3) is 0 Å². The second-order valence-electron chi connectivity index (χ2n) is 5.72. The lowest BCUT2D eigenvalue weighted by atomic mass is 9.95. The molecule has 0 aromatic heterocycles. The molecule has 22 heavy (non-hydrogen) atoms. The first-order valence-electron chi connectivity index (χ1n) is 7.48. The Bertz CT molecular complexity index is 401. The maximum absolute atomic E-state index is 12.6. The number of carbonyl (C=O) groups is 2. The van der Waals surface area contributed by atoms with E-state index in [1.165, 1.54) is 6.92 Å². The minimum Gasteiger partial charge on any atom is -0.480 e. The number of hydrogen-bond donors (Lipinski definition) is 1. The third kappa shape index (κ3) is 5.47. The number of alkyl halides is 3. The van der Waals surface area contributed by atoms with E-state index in [1.54, 1.807) is 11.8 Å². The Morgan fingerprint density at radius 1 is 1.41 bits per heavy atom. The predicted molar refractivity (Wildman–Crippen MR) is 74.3 cm³/mol. The van der Waals surface area contributed by atoms with E-state index in [-0.39, 0.29) is 13.1 Å². The van der Waals surface area contributed by atoms with Crippen LogP contribution in [0.4, 0.5) is 13.2 Å². The first kappa shape index (κ1) is 18.7. The van der Waals surface area contributed by atoms with Crippen molar-refractivity contribution in [2.45, 2.75) is 45.3 Å². The molecule has 0 spiro atoms. The van der Waals surface area contributed by atoms with Crippen molar-refractivity contribution < 1.29 is 27.9 Å². The minimum atomic E-state index is -4.42. The van der Waals surface area contributed by atoms with Crippen LogP contribution in [0.2, 0.25) is 0 Å². The van der Waals surface area contributed by atoms with E-state index >= 15 is 0 Å². The number of nitrogens with zero attached hydrogens (tertiary/aromatic N) is 2. The minimum absolute atomic E-state index is 0.0589. The van der Waals surface area contributed by atoms with Crippen molar-refractivity contribution in [3.8, 4) is 0 Å². The molecule has 128 valence electrons. The van der Waals surface area contributed by atoms with Crippen molar-refractivity contribution in [3.63, 3.8) is 0 Å². The number of carbonyl (C=O) groups excluding carboxylic acids is 1. The molecule has 1 heterocycles. The third-order valence-corrected chi connectivity index (χ3v) is 3.88. The quantitative estimate of drug-likeness (QED) is 0.811. The molecule has 0 unspecified atom stereocenters. The lowest BCUT2D eigenvalue weighted by Gasteiger charge is -2.36. The molecule has 1 amide bonds. The van der Waals surface area contributed by atoms with Crippen LogP contribution in [0.3, 0.4) is 0 Å². The fourth-order valence-corrected chi connectivity index (χ4v) is 2.73. The Labute approximate surface area is 128 Å². The van der Waals surface area contributed by atoms with Gasteiger partial charge in [0, 0.05) is 13.1 Å². The van der Waals surface area contributed by atoms with Crippen molar-refractivity contribution in [3.05, 3.63) is 0 Å². The number of amides is 1. The smallest absolute Gasteiger partial charge is 0.406 e. The fourth-order valence-electron chi connectivity index (χ4n) is 2.73. The summed E-state index contributed by atoms with van der Waals surface area (Å²) in [7, 11) is 0.